The SMILES string of the molecule is Nc1nc(Cl)c(N)c(NCc2cc3c(cc2O)OCO3)n1. The zero-order valence-corrected chi connectivity index (χ0v) is 11.5. The van der Waals surface area contributed by atoms with Crippen LogP contribution in [-0.4, -0.2) is 21.9 Å². The number of nitrogens with one attached hydrogen (secondary N) is 1. The summed E-state index contributed by atoms with van der Waals surface area (Å²) >= 11 is 5.83. The van der Waals surface area contributed by atoms with Crippen LogP contribution in [-0.2, 0) is 6.54 Å². The van der Waals surface area contributed by atoms with E-state index in [1.165, 1.54) is 6.07 Å². The number of halogens is 1. The highest BCUT2D eigenvalue weighted by Gasteiger charge is 2.17. The fourth-order valence-electron chi connectivity index (χ4n) is 1.89. The van der Waals surface area contributed by atoms with E-state index in [1.54, 1.807) is 6.07 Å². The number of phenolic OH excluding ortho intramolecular Hbond substituents is 1. The number of benzene rings is 1. The molecule has 21 heavy (non-hydrogen) atoms. The molecule has 0 spiro atoms. The third-order valence-electron chi connectivity index (χ3n) is 2.94. The van der Waals surface area contributed by atoms with Gasteiger partial charge in [-0.05, 0) is 6.07 Å². The molecular formula is C12H12ClN5O3. The Morgan fingerprint density at radius 3 is 2.71 bits per heavy atom. The van der Waals surface area contributed by atoms with Crippen molar-refractivity contribution in [3.8, 4) is 17.2 Å². The Bertz CT molecular complexity index is 710. The summed E-state index contributed by atoms with van der Waals surface area (Å²) in [4.78, 5) is 7.69. The van der Waals surface area contributed by atoms with Crippen molar-refractivity contribution in [1.82, 2.24) is 9.97 Å². The average Bonchev–Trinajstić information content (AvgIpc) is 2.88. The summed E-state index contributed by atoms with van der Waals surface area (Å²) in [5.41, 5.74) is 12.1. The minimum Gasteiger partial charge on any atom is -0.507 e. The van der Waals surface area contributed by atoms with Crippen LogP contribution in [0.4, 0.5) is 17.5 Å². The van der Waals surface area contributed by atoms with E-state index in [1.807, 2.05) is 0 Å². The summed E-state index contributed by atoms with van der Waals surface area (Å²) in [5, 5.41) is 13.0. The van der Waals surface area contributed by atoms with Crippen molar-refractivity contribution < 1.29 is 14.6 Å². The number of phenols is 1. The third kappa shape index (κ3) is 2.52. The number of nitrogen functional groups attached to an aromatic ring is 2. The number of ether oxygens (including phenoxy) is 2. The summed E-state index contributed by atoms with van der Waals surface area (Å²) in [7, 11) is 0. The largest absolute Gasteiger partial charge is 0.507 e. The predicted molar refractivity (Wildman–Crippen MR) is 77.4 cm³/mol. The van der Waals surface area contributed by atoms with Crippen molar-refractivity contribution in [2.24, 2.45) is 0 Å². The Hall–Kier alpha value is -2.61. The van der Waals surface area contributed by atoms with Crippen LogP contribution in [0.15, 0.2) is 12.1 Å². The van der Waals surface area contributed by atoms with E-state index in [9.17, 15) is 5.11 Å². The van der Waals surface area contributed by atoms with Gasteiger partial charge in [0.05, 0.1) is 0 Å². The van der Waals surface area contributed by atoms with Crippen molar-refractivity contribution >= 4 is 29.1 Å². The molecule has 1 aliphatic rings. The first-order valence-electron chi connectivity index (χ1n) is 5.98. The number of nitrogens with two attached hydrogens (primary N) is 2. The Labute approximate surface area is 124 Å². The van der Waals surface area contributed by atoms with Gasteiger partial charge < -0.3 is 31.4 Å². The lowest BCUT2D eigenvalue weighted by Crippen LogP contribution is -2.08. The van der Waals surface area contributed by atoms with Crippen molar-refractivity contribution in [2.75, 3.05) is 23.6 Å². The molecule has 0 saturated heterocycles. The Balaban J connectivity index is 1.82. The van der Waals surface area contributed by atoms with Crippen molar-refractivity contribution in [3.63, 3.8) is 0 Å². The molecule has 0 aliphatic carbocycles. The quantitative estimate of drug-likeness (QED) is 0.625. The van der Waals surface area contributed by atoms with E-state index >= 15 is 0 Å². The molecular weight excluding hydrogens is 298 g/mol. The van der Waals surface area contributed by atoms with Gasteiger partial charge in [-0.25, -0.2) is 0 Å². The molecule has 110 valence electrons. The van der Waals surface area contributed by atoms with Gasteiger partial charge in [-0.1, -0.05) is 11.6 Å². The number of hydrogen-bond donors (Lipinski definition) is 4. The van der Waals surface area contributed by atoms with Gasteiger partial charge >= 0.3 is 0 Å². The van der Waals surface area contributed by atoms with Crippen LogP contribution >= 0.6 is 11.6 Å². The molecule has 1 aromatic carbocycles. The lowest BCUT2D eigenvalue weighted by Gasteiger charge is -2.11. The second-order valence-corrected chi connectivity index (χ2v) is 4.68. The minimum absolute atomic E-state index is 0.00612. The van der Waals surface area contributed by atoms with Gasteiger partial charge in [0.1, 0.15) is 11.4 Å². The molecule has 0 fully saturated rings. The molecule has 3 rings (SSSR count). The molecule has 0 atom stereocenters. The first kappa shape index (κ1) is 13.4. The van der Waals surface area contributed by atoms with E-state index in [0.717, 1.165) is 0 Å². The van der Waals surface area contributed by atoms with Gasteiger partial charge in [0.25, 0.3) is 0 Å². The zero-order valence-electron chi connectivity index (χ0n) is 10.8. The summed E-state index contributed by atoms with van der Waals surface area (Å²) in [6, 6.07) is 3.16. The van der Waals surface area contributed by atoms with Gasteiger partial charge in [0, 0.05) is 18.2 Å². The summed E-state index contributed by atoms with van der Waals surface area (Å²) < 4.78 is 10.4. The van der Waals surface area contributed by atoms with Crippen LogP contribution in [0.3, 0.4) is 0 Å². The van der Waals surface area contributed by atoms with E-state index < -0.39 is 0 Å². The fourth-order valence-corrected chi connectivity index (χ4v) is 2.06. The average molecular weight is 310 g/mol. The standard InChI is InChI=1S/C12H12ClN5O3/c13-10-9(14)11(18-12(15)17-10)16-3-5-1-7-8(2-6(5)19)21-4-20-7/h1-2,19H,3-4,14H2,(H3,15,16,17,18). The molecule has 0 saturated carbocycles. The van der Waals surface area contributed by atoms with Gasteiger partial charge in [-0.15, -0.1) is 0 Å². The highest BCUT2D eigenvalue weighted by molar-refractivity contribution is 6.32. The second kappa shape index (κ2) is 5.06. The Kier molecular flexibility index (Phi) is 3.22. The van der Waals surface area contributed by atoms with E-state index in [-0.39, 0.29) is 35.9 Å². The lowest BCUT2D eigenvalue weighted by molar-refractivity contribution is 0.174. The molecule has 0 unspecified atom stereocenters. The number of hydrogen-bond acceptors (Lipinski definition) is 8. The fraction of sp³-hybridized carbons (Fsp3) is 0.167. The summed E-state index contributed by atoms with van der Waals surface area (Å²) in [6.07, 6.45) is 0. The maximum absolute atomic E-state index is 9.94. The van der Waals surface area contributed by atoms with E-state index in [2.05, 4.69) is 15.3 Å². The molecule has 0 amide bonds. The van der Waals surface area contributed by atoms with Crippen LogP contribution in [0.5, 0.6) is 17.2 Å². The third-order valence-corrected chi connectivity index (χ3v) is 3.22. The second-order valence-electron chi connectivity index (χ2n) is 4.32. The van der Waals surface area contributed by atoms with E-state index in [0.29, 0.717) is 22.9 Å². The topological polar surface area (TPSA) is 129 Å². The maximum Gasteiger partial charge on any atom is 0.231 e. The monoisotopic (exact) mass is 309 g/mol. The van der Waals surface area contributed by atoms with Crippen molar-refractivity contribution in [2.45, 2.75) is 6.54 Å². The number of nitrogens with zero attached hydrogens (tertiary/aromatic N) is 2. The zero-order chi connectivity index (χ0) is 15.0. The lowest BCUT2D eigenvalue weighted by atomic mass is 10.1. The van der Waals surface area contributed by atoms with Crippen LogP contribution in [0.1, 0.15) is 5.56 Å². The number of fused-ring (bicyclic) bond motifs is 1. The molecule has 1 aromatic heterocycles. The Morgan fingerprint density at radius 1 is 1.24 bits per heavy atom. The molecule has 8 nitrogen and oxygen atoms in total. The van der Waals surface area contributed by atoms with Gasteiger partial charge in [-0.2, -0.15) is 9.97 Å². The van der Waals surface area contributed by atoms with Crippen LogP contribution in [0.2, 0.25) is 5.15 Å². The number of anilines is 3. The van der Waals surface area contributed by atoms with Crippen LogP contribution in [0, 0.1) is 0 Å². The minimum atomic E-state index is 0.00612. The number of rotatable bonds is 3. The molecule has 2 aromatic rings. The number of aromatic hydroxyl groups is 1. The summed E-state index contributed by atoms with van der Waals surface area (Å²) in [5.74, 6) is 1.44. The van der Waals surface area contributed by atoms with Gasteiger partial charge in [0.15, 0.2) is 22.5 Å². The van der Waals surface area contributed by atoms with Gasteiger partial charge in [-0.3, -0.25) is 0 Å². The predicted octanol–water partition coefficient (Wildman–Crippen LogP) is 1.34. The smallest absolute Gasteiger partial charge is 0.231 e. The van der Waals surface area contributed by atoms with E-state index in [4.69, 9.17) is 32.5 Å². The molecule has 0 bridgehead atoms. The van der Waals surface area contributed by atoms with Crippen molar-refractivity contribution in [3.05, 3.63) is 22.8 Å². The molecule has 6 N–H and O–H groups in total. The van der Waals surface area contributed by atoms with Crippen LogP contribution in [0.25, 0.3) is 0 Å². The molecule has 0 radical (unpaired) electrons. The molecule has 2 heterocycles. The van der Waals surface area contributed by atoms with Crippen LogP contribution < -0.4 is 26.3 Å². The first-order chi connectivity index (χ1) is 10.0. The maximum atomic E-state index is 9.94. The number of aromatic nitrogens is 2. The van der Waals surface area contributed by atoms with Gasteiger partial charge in [0.2, 0.25) is 12.7 Å². The molecule has 9 heteroatoms. The van der Waals surface area contributed by atoms with Crippen molar-refractivity contribution in [1.29, 1.82) is 0 Å². The highest BCUT2D eigenvalue weighted by Crippen LogP contribution is 2.38. The normalized spacial score (nSPS) is 12.4. The molecule has 1 aliphatic heterocycles. The first-order valence-corrected chi connectivity index (χ1v) is 6.36. The summed E-state index contributed by atoms with van der Waals surface area (Å²) in [6.45, 7) is 0.385. The Morgan fingerprint density at radius 2 is 1.95 bits per heavy atom. The highest BCUT2D eigenvalue weighted by atomic mass is 35.5.